The Labute approximate surface area is 226 Å². The van der Waals surface area contributed by atoms with Crippen LogP contribution in [-0.2, 0) is 39.9 Å². The van der Waals surface area contributed by atoms with Crippen molar-refractivity contribution in [2.24, 2.45) is 0 Å². The molecule has 0 saturated carbocycles. The lowest BCUT2D eigenvalue weighted by molar-refractivity contribution is -0.159. The Kier molecular flexibility index (Phi) is 14.7. The topological polar surface area (TPSA) is 108 Å². The van der Waals surface area contributed by atoms with Gasteiger partial charge in [0.05, 0.1) is 19.1 Å². The van der Waals surface area contributed by atoms with Gasteiger partial charge in [0.2, 0.25) is 3.79 Å². The van der Waals surface area contributed by atoms with E-state index in [-0.39, 0.29) is 13.0 Å². The Morgan fingerprint density at radius 2 is 1.67 bits per heavy atom. The maximum atomic E-state index is 12.4. The number of esters is 3. The Morgan fingerprint density at radius 1 is 1.00 bits per heavy atom. The molecule has 0 saturated heterocycles. The molecular weight excluding hydrogens is 535 g/mol. The standard InChI is InChI=1S/C25H31Cl3O8/c1-17(29)8-7-11-23(31)35-18(2)14-24(32)36-19(3)21(33-15-20-9-5-4-6-10-20)12-13-22(30)34-16-25(26,27)28/h4-7,9-13,17-19,21,29H,8,14-16H2,1-3H3/b11-7+,13-12+/t17-,18-,19-,21+/m0/s1. The highest BCUT2D eigenvalue weighted by atomic mass is 35.6. The zero-order chi connectivity index (χ0) is 27.1. The minimum Gasteiger partial charge on any atom is -0.459 e. The molecule has 0 bridgehead atoms. The van der Waals surface area contributed by atoms with Crippen LogP contribution in [-0.4, -0.2) is 57.8 Å². The number of halogens is 3. The van der Waals surface area contributed by atoms with E-state index in [0.29, 0.717) is 6.42 Å². The van der Waals surface area contributed by atoms with Crippen molar-refractivity contribution in [3.05, 3.63) is 60.2 Å². The molecule has 1 aromatic rings. The number of alkyl halides is 3. The summed E-state index contributed by atoms with van der Waals surface area (Å²) in [4.78, 5) is 36.1. The van der Waals surface area contributed by atoms with Gasteiger partial charge in [0, 0.05) is 12.2 Å². The first-order valence-corrected chi connectivity index (χ1v) is 12.3. The van der Waals surface area contributed by atoms with Gasteiger partial charge in [-0.3, -0.25) is 4.79 Å². The molecule has 8 nitrogen and oxygen atoms in total. The van der Waals surface area contributed by atoms with E-state index in [4.69, 9.17) is 53.8 Å². The smallest absolute Gasteiger partial charge is 0.330 e. The maximum absolute atomic E-state index is 12.4. The molecule has 1 rings (SSSR count). The van der Waals surface area contributed by atoms with Crippen molar-refractivity contribution in [1.82, 2.24) is 0 Å². The monoisotopic (exact) mass is 564 g/mol. The van der Waals surface area contributed by atoms with Gasteiger partial charge in [-0.2, -0.15) is 0 Å². The summed E-state index contributed by atoms with van der Waals surface area (Å²) in [5.74, 6) is -2.03. The Bertz CT molecular complexity index is 881. The highest BCUT2D eigenvalue weighted by Gasteiger charge is 2.24. The molecular formula is C25H31Cl3O8. The first kappa shape index (κ1) is 31.9. The van der Waals surface area contributed by atoms with Crippen LogP contribution in [0.4, 0.5) is 0 Å². The van der Waals surface area contributed by atoms with Crippen molar-refractivity contribution < 1.29 is 38.4 Å². The molecule has 0 aliphatic heterocycles. The number of aliphatic hydroxyl groups excluding tert-OH is 1. The molecule has 0 aromatic heterocycles. The summed E-state index contributed by atoms with van der Waals surface area (Å²) in [7, 11) is 0. The largest absolute Gasteiger partial charge is 0.459 e. The van der Waals surface area contributed by atoms with Crippen LogP contribution >= 0.6 is 34.8 Å². The Balaban J connectivity index is 2.71. The highest BCUT2D eigenvalue weighted by molar-refractivity contribution is 6.67. The number of hydrogen-bond acceptors (Lipinski definition) is 8. The minimum absolute atomic E-state index is 0.188. The van der Waals surface area contributed by atoms with E-state index in [2.05, 4.69) is 0 Å². The zero-order valence-electron chi connectivity index (χ0n) is 20.3. The summed E-state index contributed by atoms with van der Waals surface area (Å²) in [5, 5.41) is 9.20. The lowest BCUT2D eigenvalue weighted by Crippen LogP contribution is -2.31. The molecule has 11 heteroatoms. The summed E-state index contributed by atoms with van der Waals surface area (Å²) in [6.07, 6.45) is 2.34. The van der Waals surface area contributed by atoms with Gasteiger partial charge in [0.15, 0.2) is 0 Å². The van der Waals surface area contributed by atoms with Crippen LogP contribution in [0, 0.1) is 0 Å². The van der Waals surface area contributed by atoms with E-state index < -0.39 is 52.7 Å². The molecule has 0 unspecified atom stereocenters. The third-order valence-electron chi connectivity index (χ3n) is 4.37. The molecule has 0 spiro atoms. The molecule has 0 radical (unpaired) electrons. The average Bonchev–Trinajstić information content (AvgIpc) is 2.77. The van der Waals surface area contributed by atoms with Gasteiger partial charge >= 0.3 is 17.9 Å². The van der Waals surface area contributed by atoms with Crippen LogP contribution in [0.3, 0.4) is 0 Å². The molecule has 0 aliphatic carbocycles. The second-order valence-electron chi connectivity index (χ2n) is 7.98. The molecule has 36 heavy (non-hydrogen) atoms. The van der Waals surface area contributed by atoms with E-state index in [0.717, 1.165) is 11.6 Å². The summed E-state index contributed by atoms with van der Waals surface area (Å²) >= 11 is 16.7. The fourth-order valence-electron chi connectivity index (χ4n) is 2.69. The van der Waals surface area contributed by atoms with Crippen LogP contribution in [0.2, 0.25) is 0 Å². The van der Waals surface area contributed by atoms with Crippen molar-refractivity contribution in [3.8, 4) is 0 Å². The molecule has 1 aromatic carbocycles. The van der Waals surface area contributed by atoms with Crippen molar-refractivity contribution in [1.29, 1.82) is 0 Å². The summed E-state index contributed by atoms with van der Waals surface area (Å²) < 4.78 is 19.5. The Morgan fingerprint density at radius 3 is 2.28 bits per heavy atom. The third-order valence-corrected chi connectivity index (χ3v) is 4.70. The number of rotatable bonds is 14. The van der Waals surface area contributed by atoms with Gasteiger partial charge in [-0.1, -0.05) is 71.2 Å². The number of carbonyl (C=O) groups excluding carboxylic acids is 3. The van der Waals surface area contributed by atoms with E-state index >= 15 is 0 Å². The number of benzene rings is 1. The summed E-state index contributed by atoms with van der Waals surface area (Å²) in [6, 6.07) is 9.28. The van der Waals surface area contributed by atoms with E-state index in [1.54, 1.807) is 20.8 Å². The SMILES string of the molecule is C[C@H](O)C/C=C/C(=O)O[C@@H](C)CC(=O)O[C@@H](C)[C@@H](/C=C/C(=O)OCC(Cl)(Cl)Cl)OCc1ccccc1. The normalized spacial score (nSPS) is 15.3. The van der Waals surface area contributed by atoms with Crippen LogP contribution in [0.15, 0.2) is 54.6 Å². The molecule has 0 amide bonds. The molecule has 0 aliphatic rings. The third kappa shape index (κ3) is 15.8. The van der Waals surface area contributed by atoms with E-state index in [1.165, 1.54) is 18.2 Å². The van der Waals surface area contributed by atoms with Gasteiger partial charge in [-0.25, -0.2) is 9.59 Å². The second kappa shape index (κ2) is 16.6. The van der Waals surface area contributed by atoms with Crippen LogP contribution in [0.5, 0.6) is 0 Å². The predicted octanol–water partition coefficient (Wildman–Crippen LogP) is 4.62. The lowest BCUT2D eigenvalue weighted by atomic mass is 10.2. The maximum Gasteiger partial charge on any atom is 0.330 e. The lowest BCUT2D eigenvalue weighted by Gasteiger charge is -2.23. The number of aliphatic hydroxyl groups is 1. The number of carbonyl (C=O) groups is 3. The van der Waals surface area contributed by atoms with Gasteiger partial charge in [-0.05, 0) is 38.8 Å². The quantitative estimate of drug-likeness (QED) is 0.151. The van der Waals surface area contributed by atoms with Crippen molar-refractivity contribution in [3.63, 3.8) is 0 Å². The molecule has 0 heterocycles. The summed E-state index contributed by atoms with van der Waals surface area (Å²) in [5.41, 5.74) is 0.873. The zero-order valence-corrected chi connectivity index (χ0v) is 22.5. The van der Waals surface area contributed by atoms with E-state index in [1.807, 2.05) is 30.3 Å². The van der Waals surface area contributed by atoms with E-state index in [9.17, 15) is 19.5 Å². The Hall–Kier alpha value is -2.10. The van der Waals surface area contributed by atoms with Gasteiger partial charge < -0.3 is 24.1 Å². The second-order valence-corrected chi connectivity index (χ2v) is 10.5. The fraction of sp³-hybridized carbons (Fsp3) is 0.480. The average molecular weight is 566 g/mol. The summed E-state index contributed by atoms with van der Waals surface area (Å²) in [6.45, 7) is 4.49. The van der Waals surface area contributed by atoms with Crippen LogP contribution < -0.4 is 0 Å². The van der Waals surface area contributed by atoms with Crippen molar-refractivity contribution in [2.45, 2.75) is 68.4 Å². The predicted molar refractivity (Wildman–Crippen MR) is 137 cm³/mol. The number of hydrogen-bond donors (Lipinski definition) is 1. The molecule has 0 fully saturated rings. The van der Waals surface area contributed by atoms with Crippen molar-refractivity contribution in [2.75, 3.05) is 6.61 Å². The first-order valence-electron chi connectivity index (χ1n) is 11.2. The van der Waals surface area contributed by atoms with Crippen LogP contribution in [0.1, 0.15) is 39.2 Å². The van der Waals surface area contributed by atoms with Gasteiger partial charge in [0.25, 0.3) is 0 Å². The van der Waals surface area contributed by atoms with Gasteiger partial charge in [-0.15, -0.1) is 0 Å². The highest BCUT2D eigenvalue weighted by Crippen LogP contribution is 2.26. The number of ether oxygens (including phenoxy) is 4. The fourth-order valence-corrected chi connectivity index (χ4v) is 2.85. The molecule has 200 valence electrons. The van der Waals surface area contributed by atoms with Crippen LogP contribution in [0.25, 0.3) is 0 Å². The van der Waals surface area contributed by atoms with Crippen molar-refractivity contribution >= 4 is 52.7 Å². The molecule has 1 N–H and O–H groups in total. The first-order chi connectivity index (χ1) is 16.9. The molecule has 4 atom stereocenters. The minimum atomic E-state index is -1.75. The van der Waals surface area contributed by atoms with Gasteiger partial charge in [0.1, 0.15) is 24.9 Å².